The zero-order valence-corrected chi connectivity index (χ0v) is 15.2. The molecule has 0 spiro atoms. The van der Waals surface area contributed by atoms with Gasteiger partial charge in [0.15, 0.2) is 0 Å². The smallest absolute Gasteiger partial charge is 0.326 e. The van der Waals surface area contributed by atoms with Crippen LogP contribution in [-0.4, -0.2) is 64.4 Å². The predicted octanol–water partition coefficient (Wildman–Crippen LogP) is 0.819. The van der Waals surface area contributed by atoms with E-state index in [0.717, 1.165) is 10.5 Å². The van der Waals surface area contributed by atoms with Gasteiger partial charge in [0.2, 0.25) is 0 Å². The van der Waals surface area contributed by atoms with Crippen molar-refractivity contribution in [1.29, 1.82) is 0 Å². The topological polar surface area (TPSA) is 113 Å². The average molecular weight is 367 g/mol. The van der Waals surface area contributed by atoms with E-state index in [4.69, 9.17) is 14.6 Å². The van der Waals surface area contributed by atoms with E-state index in [2.05, 4.69) is 0 Å². The van der Waals surface area contributed by atoms with E-state index < -0.39 is 49.2 Å². The van der Waals surface area contributed by atoms with Gasteiger partial charge >= 0.3 is 17.9 Å². The summed E-state index contributed by atoms with van der Waals surface area (Å²) in [7, 11) is 0. The molecule has 0 saturated carbocycles. The number of carboxylic acid groups (broad SMARTS) is 1. The third kappa shape index (κ3) is 8.09. The van der Waals surface area contributed by atoms with Gasteiger partial charge in [0.25, 0.3) is 0 Å². The Bertz CT molecular complexity index is 610. The Kier molecular flexibility index (Phi) is 8.21. The standard InChI is InChI=1S/C18H25NO7/c1-18(2,3)26-16(23)10-19(9-15(21)22)14(11-20)17(24)25-12-13-7-5-4-6-8-13/h4-8,14,20H,9-12H2,1-3H3,(H,21,22)/t14-/m0/s1. The molecule has 0 amide bonds. The molecule has 1 atom stereocenters. The molecule has 144 valence electrons. The van der Waals surface area contributed by atoms with Gasteiger partial charge in [0.1, 0.15) is 18.2 Å². The van der Waals surface area contributed by atoms with Crippen LogP contribution in [0.1, 0.15) is 26.3 Å². The fourth-order valence-corrected chi connectivity index (χ4v) is 2.15. The Balaban J connectivity index is 2.78. The molecule has 0 aromatic heterocycles. The summed E-state index contributed by atoms with van der Waals surface area (Å²) in [4.78, 5) is 36.3. The number of carboxylic acids is 1. The van der Waals surface area contributed by atoms with Crippen LogP contribution in [-0.2, 0) is 30.5 Å². The molecule has 2 N–H and O–H groups in total. The molecule has 0 fully saturated rings. The molecule has 1 rings (SSSR count). The molecule has 0 aliphatic rings. The average Bonchev–Trinajstić information content (AvgIpc) is 2.52. The van der Waals surface area contributed by atoms with Crippen LogP contribution in [0.15, 0.2) is 30.3 Å². The van der Waals surface area contributed by atoms with Crippen molar-refractivity contribution in [1.82, 2.24) is 4.90 Å². The number of rotatable bonds is 9. The van der Waals surface area contributed by atoms with E-state index >= 15 is 0 Å². The molecule has 0 heterocycles. The molecule has 26 heavy (non-hydrogen) atoms. The predicted molar refractivity (Wildman–Crippen MR) is 92.2 cm³/mol. The van der Waals surface area contributed by atoms with Gasteiger partial charge in [-0.2, -0.15) is 0 Å². The van der Waals surface area contributed by atoms with Crippen LogP contribution in [0.2, 0.25) is 0 Å². The molecule has 0 aliphatic heterocycles. The zero-order chi connectivity index (χ0) is 19.7. The van der Waals surface area contributed by atoms with E-state index in [-0.39, 0.29) is 6.61 Å². The molecule has 0 unspecified atom stereocenters. The van der Waals surface area contributed by atoms with Gasteiger partial charge in [-0.05, 0) is 26.3 Å². The summed E-state index contributed by atoms with van der Waals surface area (Å²) in [6.07, 6.45) is 0. The van der Waals surface area contributed by atoms with Crippen molar-refractivity contribution in [3.05, 3.63) is 35.9 Å². The first-order valence-electron chi connectivity index (χ1n) is 8.11. The van der Waals surface area contributed by atoms with Crippen molar-refractivity contribution in [2.45, 2.75) is 39.0 Å². The molecule has 1 aromatic rings. The monoisotopic (exact) mass is 367 g/mol. The number of nitrogens with zero attached hydrogens (tertiary/aromatic N) is 1. The third-order valence-corrected chi connectivity index (χ3v) is 3.20. The first-order valence-corrected chi connectivity index (χ1v) is 8.11. The van der Waals surface area contributed by atoms with E-state index in [9.17, 15) is 19.5 Å². The number of aliphatic hydroxyl groups is 1. The number of carbonyl (C=O) groups excluding carboxylic acids is 2. The Hall–Kier alpha value is -2.45. The SMILES string of the molecule is CC(C)(C)OC(=O)CN(CC(=O)O)[C@@H](CO)C(=O)OCc1ccccc1. The Morgan fingerprint density at radius 2 is 1.73 bits per heavy atom. The maximum atomic E-state index is 12.3. The molecule has 0 saturated heterocycles. The lowest BCUT2D eigenvalue weighted by molar-refractivity contribution is -0.161. The minimum atomic E-state index is -1.29. The second kappa shape index (κ2) is 9.88. The van der Waals surface area contributed by atoms with Gasteiger partial charge in [-0.3, -0.25) is 19.3 Å². The summed E-state index contributed by atoms with van der Waals surface area (Å²) >= 11 is 0. The second-order valence-corrected chi connectivity index (χ2v) is 6.68. The Morgan fingerprint density at radius 3 is 2.23 bits per heavy atom. The van der Waals surface area contributed by atoms with Crippen LogP contribution < -0.4 is 0 Å². The van der Waals surface area contributed by atoms with Crippen molar-refractivity contribution in [3.8, 4) is 0 Å². The summed E-state index contributed by atoms with van der Waals surface area (Å²) in [5.74, 6) is -2.77. The first-order chi connectivity index (χ1) is 12.1. The summed E-state index contributed by atoms with van der Waals surface area (Å²) in [6.45, 7) is 3.21. The maximum Gasteiger partial charge on any atom is 0.326 e. The minimum absolute atomic E-state index is 0.0243. The van der Waals surface area contributed by atoms with Gasteiger partial charge in [-0.1, -0.05) is 30.3 Å². The largest absolute Gasteiger partial charge is 0.480 e. The number of esters is 2. The quantitative estimate of drug-likeness (QED) is 0.617. The molecule has 0 aliphatic carbocycles. The molecule has 0 bridgehead atoms. The normalized spacial score (nSPS) is 12.5. The second-order valence-electron chi connectivity index (χ2n) is 6.68. The van der Waals surface area contributed by atoms with Gasteiger partial charge < -0.3 is 19.7 Å². The lowest BCUT2D eigenvalue weighted by atomic mass is 10.2. The number of benzene rings is 1. The Morgan fingerprint density at radius 1 is 1.12 bits per heavy atom. The summed E-state index contributed by atoms with van der Waals surface area (Å²) in [5.41, 5.74) is -0.0106. The van der Waals surface area contributed by atoms with Crippen molar-refractivity contribution >= 4 is 17.9 Å². The highest BCUT2D eigenvalue weighted by Crippen LogP contribution is 2.10. The summed E-state index contributed by atoms with van der Waals surface area (Å²) < 4.78 is 10.3. The lowest BCUT2D eigenvalue weighted by Crippen LogP contribution is -2.50. The highest BCUT2D eigenvalue weighted by atomic mass is 16.6. The van der Waals surface area contributed by atoms with Crippen LogP contribution >= 0.6 is 0 Å². The molecule has 1 aromatic carbocycles. The molecule has 8 nitrogen and oxygen atoms in total. The fraction of sp³-hybridized carbons (Fsp3) is 0.500. The van der Waals surface area contributed by atoms with Gasteiger partial charge in [0, 0.05) is 0 Å². The third-order valence-electron chi connectivity index (χ3n) is 3.20. The lowest BCUT2D eigenvalue weighted by Gasteiger charge is -2.28. The van der Waals surface area contributed by atoms with E-state index in [1.54, 1.807) is 45.0 Å². The van der Waals surface area contributed by atoms with Crippen LogP contribution in [0.4, 0.5) is 0 Å². The highest BCUT2D eigenvalue weighted by Gasteiger charge is 2.31. The zero-order valence-electron chi connectivity index (χ0n) is 15.2. The van der Waals surface area contributed by atoms with E-state index in [0.29, 0.717) is 0 Å². The van der Waals surface area contributed by atoms with Crippen LogP contribution in [0.25, 0.3) is 0 Å². The Labute approximate surface area is 152 Å². The number of aliphatic hydroxyl groups excluding tert-OH is 1. The van der Waals surface area contributed by atoms with Crippen LogP contribution in [0.5, 0.6) is 0 Å². The fourth-order valence-electron chi connectivity index (χ4n) is 2.15. The molecular formula is C18H25NO7. The molecule has 8 heteroatoms. The molecule has 0 radical (unpaired) electrons. The van der Waals surface area contributed by atoms with Crippen LogP contribution in [0, 0.1) is 0 Å². The van der Waals surface area contributed by atoms with Crippen molar-refractivity contribution in [3.63, 3.8) is 0 Å². The molecular weight excluding hydrogens is 342 g/mol. The van der Waals surface area contributed by atoms with Crippen molar-refractivity contribution < 1.29 is 34.1 Å². The summed E-state index contributed by atoms with van der Waals surface area (Å²) in [6, 6.07) is 7.62. The number of ether oxygens (including phenoxy) is 2. The van der Waals surface area contributed by atoms with E-state index in [1.807, 2.05) is 6.07 Å². The summed E-state index contributed by atoms with van der Waals surface area (Å²) in [5, 5.41) is 18.6. The number of hydrogen-bond donors (Lipinski definition) is 2. The number of carbonyl (C=O) groups is 3. The van der Waals surface area contributed by atoms with Crippen molar-refractivity contribution in [2.24, 2.45) is 0 Å². The van der Waals surface area contributed by atoms with E-state index in [1.165, 1.54) is 0 Å². The highest BCUT2D eigenvalue weighted by molar-refractivity contribution is 5.80. The maximum absolute atomic E-state index is 12.3. The number of hydrogen-bond acceptors (Lipinski definition) is 7. The van der Waals surface area contributed by atoms with Crippen LogP contribution in [0.3, 0.4) is 0 Å². The number of aliphatic carboxylic acids is 1. The minimum Gasteiger partial charge on any atom is -0.480 e. The van der Waals surface area contributed by atoms with Gasteiger partial charge in [0.05, 0.1) is 19.7 Å². The van der Waals surface area contributed by atoms with Crippen molar-refractivity contribution in [2.75, 3.05) is 19.7 Å². The van der Waals surface area contributed by atoms with Gasteiger partial charge in [-0.25, -0.2) is 0 Å². The first kappa shape index (κ1) is 21.6. The van der Waals surface area contributed by atoms with Gasteiger partial charge in [-0.15, -0.1) is 0 Å².